The van der Waals surface area contributed by atoms with Gasteiger partial charge in [0.25, 0.3) is 0 Å². The number of tetrazole rings is 1. The fourth-order valence-corrected chi connectivity index (χ4v) is 1.57. The number of halogens is 3. The quantitative estimate of drug-likeness (QED) is 0.893. The lowest BCUT2D eigenvalue weighted by Crippen LogP contribution is -2.19. The molecule has 0 saturated carbocycles. The molecule has 0 amide bonds. The number of aromatic nitrogens is 4. The van der Waals surface area contributed by atoms with E-state index in [1.807, 2.05) is 0 Å². The van der Waals surface area contributed by atoms with Crippen molar-refractivity contribution in [3.05, 3.63) is 41.2 Å². The third-order valence-electron chi connectivity index (χ3n) is 2.62. The summed E-state index contributed by atoms with van der Waals surface area (Å²) < 4.78 is 37.6. The number of nitrogens with zero attached hydrogens (tertiary/aromatic N) is 3. The number of hydrogen-bond acceptors (Lipinski definition) is 4. The van der Waals surface area contributed by atoms with Crippen molar-refractivity contribution < 1.29 is 13.2 Å². The fraction of sp³-hybridized carbons (Fsp3) is 0.364. The summed E-state index contributed by atoms with van der Waals surface area (Å²) >= 11 is 0. The zero-order valence-electron chi connectivity index (χ0n) is 10.1. The summed E-state index contributed by atoms with van der Waals surface area (Å²) in [4.78, 5) is 0. The Morgan fingerprint density at radius 1 is 1.37 bits per heavy atom. The van der Waals surface area contributed by atoms with E-state index < -0.39 is 11.7 Å². The predicted octanol–water partition coefficient (Wildman–Crippen LogP) is 2.07. The number of hydrogen-bond donors (Lipinski definition) is 2. The Morgan fingerprint density at radius 3 is 2.79 bits per heavy atom. The number of aromatic amines is 1. The van der Waals surface area contributed by atoms with Crippen molar-refractivity contribution in [2.45, 2.75) is 25.7 Å². The standard InChI is InChI=1S/C11H12F3N5/c1-7(10-16-18-19-17-10)15-6-8-3-2-4-9(5-8)11(12,13)14/h2-5,7,15H,6H2,1H3,(H,16,17,18,19). The third kappa shape index (κ3) is 3.50. The first-order valence-electron chi connectivity index (χ1n) is 5.59. The Kier molecular flexibility index (Phi) is 3.79. The summed E-state index contributed by atoms with van der Waals surface area (Å²) in [5, 5.41) is 16.4. The normalized spacial score (nSPS) is 13.5. The molecule has 0 aliphatic carbocycles. The first kappa shape index (κ1) is 13.5. The molecule has 1 heterocycles. The fourth-order valence-electron chi connectivity index (χ4n) is 1.57. The highest BCUT2D eigenvalue weighted by atomic mass is 19.4. The molecule has 0 spiro atoms. The van der Waals surface area contributed by atoms with Crippen LogP contribution in [0.5, 0.6) is 0 Å². The van der Waals surface area contributed by atoms with Crippen molar-refractivity contribution in [1.82, 2.24) is 25.9 Å². The van der Waals surface area contributed by atoms with Crippen LogP contribution < -0.4 is 5.32 Å². The van der Waals surface area contributed by atoms with E-state index in [-0.39, 0.29) is 6.04 Å². The van der Waals surface area contributed by atoms with Gasteiger partial charge in [-0.25, -0.2) is 0 Å². The van der Waals surface area contributed by atoms with E-state index in [1.165, 1.54) is 6.07 Å². The number of rotatable bonds is 4. The average Bonchev–Trinajstić information content (AvgIpc) is 2.89. The van der Waals surface area contributed by atoms with Crippen LogP contribution in [-0.2, 0) is 12.7 Å². The lowest BCUT2D eigenvalue weighted by molar-refractivity contribution is -0.137. The van der Waals surface area contributed by atoms with E-state index in [4.69, 9.17) is 0 Å². The summed E-state index contributed by atoms with van der Waals surface area (Å²) in [5.74, 6) is 0.465. The number of nitrogens with one attached hydrogen (secondary N) is 2. The number of benzene rings is 1. The smallest absolute Gasteiger partial charge is 0.303 e. The van der Waals surface area contributed by atoms with Crippen LogP contribution in [0.1, 0.15) is 29.9 Å². The molecule has 0 bridgehead atoms. The van der Waals surface area contributed by atoms with Gasteiger partial charge >= 0.3 is 6.18 Å². The SMILES string of the molecule is CC(NCc1cccc(C(F)(F)F)c1)c1nn[nH]n1. The van der Waals surface area contributed by atoms with Crippen LogP contribution in [0.4, 0.5) is 13.2 Å². The highest BCUT2D eigenvalue weighted by Crippen LogP contribution is 2.29. The molecule has 0 saturated heterocycles. The van der Waals surface area contributed by atoms with Gasteiger partial charge in [0.2, 0.25) is 0 Å². The minimum atomic E-state index is -4.32. The summed E-state index contributed by atoms with van der Waals surface area (Å²) in [7, 11) is 0. The largest absolute Gasteiger partial charge is 0.416 e. The lowest BCUT2D eigenvalue weighted by Gasteiger charge is -2.12. The van der Waals surface area contributed by atoms with Gasteiger partial charge in [-0.15, -0.1) is 10.2 Å². The van der Waals surface area contributed by atoms with E-state index in [1.54, 1.807) is 13.0 Å². The Labute approximate surface area is 107 Å². The zero-order chi connectivity index (χ0) is 13.9. The van der Waals surface area contributed by atoms with Crippen LogP contribution in [-0.4, -0.2) is 20.6 Å². The molecule has 1 unspecified atom stereocenters. The van der Waals surface area contributed by atoms with Gasteiger partial charge in [0.05, 0.1) is 11.6 Å². The van der Waals surface area contributed by atoms with Crippen molar-refractivity contribution in [3.63, 3.8) is 0 Å². The summed E-state index contributed by atoms with van der Waals surface area (Å²) in [6, 6.07) is 4.99. The summed E-state index contributed by atoms with van der Waals surface area (Å²) in [6.45, 7) is 2.10. The lowest BCUT2D eigenvalue weighted by atomic mass is 10.1. The van der Waals surface area contributed by atoms with Crippen LogP contribution in [0.2, 0.25) is 0 Å². The first-order valence-corrected chi connectivity index (χ1v) is 5.59. The molecule has 19 heavy (non-hydrogen) atoms. The molecule has 0 aliphatic rings. The molecule has 1 aromatic carbocycles. The van der Waals surface area contributed by atoms with Crippen LogP contribution in [0.25, 0.3) is 0 Å². The maximum Gasteiger partial charge on any atom is 0.416 e. The Balaban J connectivity index is 2.00. The molecule has 2 rings (SSSR count). The number of H-pyrrole nitrogens is 1. The minimum absolute atomic E-state index is 0.201. The van der Waals surface area contributed by atoms with Gasteiger partial charge in [0, 0.05) is 6.54 Å². The maximum atomic E-state index is 12.5. The Bertz CT molecular complexity index is 523. The van der Waals surface area contributed by atoms with Gasteiger partial charge in [-0.3, -0.25) is 0 Å². The summed E-state index contributed by atoms with van der Waals surface area (Å²) in [5.41, 5.74) is -0.107. The van der Waals surface area contributed by atoms with Crippen molar-refractivity contribution in [2.75, 3.05) is 0 Å². The van der Waals surface area contributed by atoms with Gasteiger partial charge in [-0.2, -0.15) is 18.4 Å². The van der Waals surface area contributed by atoms with Crippen molar-refractivity contribution in [3.8, 4) is 0 Å². The predicted molar refractivity (Wildman–Crippen MR) is 60.9 cm³/mol. The monoisotopic (exact) mass is 271 g/mol. The van der Waals surface area contributed by atoms with E-state index >= 15 is 0 Å². The second kappa shape index (κ2) is 5.35. The molecule has 1 atom stereocenters. The van der Waals surface area contributed by atoms with Crippen LogP contribution in [0.15, 0.2) is 24.3 Å². The Hall–Kier alpha value is -1.96. The minimum Gasteiger partial charge on any atom is -0.303 e. The zero-order valence-corrected chi connectivity index (χ0v) is 10.1. The number of alkyl halides is 3. The maximum absolute atomic E-state index is 12.5. The van der Waals surface area contributed by atoms with Gasteiger partial charge in [0.1, 0.15) is 0 Å². The highest BCUT2D eigenvalue weighted by molar-refractivity contribution is 5.25. The second-order valence-corrected chi connectivity index (χ2v) is 4.07. The van der Waals surface area contributed by atoms with E-state index in [0.29, 0.717) is 17.9 Å². The molecule has 8 heteroatoms. The molecule has 0 radical (unpaired) electrons. The molecular formula is C11H12F3N5. The molecule has 0 aliphatic heterocycles. The molecule has 2 N–H and O–H groups in total. The van der Waals surface area contributed by atoms with E-state index in [2.05, 4.69) is 25.9 Å². The molecular weight excluding hydrogens is 259 g/mol. The van der Waals surface area contributed by atoms with Crippen LogP contribution in [0.3, 0.4) is 0 Å². The van der Waals surface area contributed by atoms with Gasteiger partial charge in [-0.05, 0) is 18.6 Å². The first-order chi connectivity index (χ1) is 8.97. The molecule has 5 nitrogen and oxygen atoms in total. The van der Waals surface area contributed by atoms with Crippen molar-refractivity contribution in [1.29, 1.82) is 0 Å². The molecule has 0 fully saturated rings. The van der Waals surface area contributed by atoms with E-state index in [0.717, 1.165) is 12.1 Å². The molecule has 2 aromatic rings. The van der Waals surface area contributed by atoms with Gasteiger partial charge < -0.3 is 5.32 Å². The van der Waals surface area contributed by atoms with Gasteiger partial charge in [0.15, 0.2) is 5.82 Å². The average molecular weight is 271 g/mol. The van der Waals surface area contributed by atoms with Gasteiger partial charge in [-0.1, -0.05) is 23.4 Å². The topological polar surface area (TPSA) is 66.5 Å². The third-order valence-corrected chi connectivity index (χ3v) is 2.62. The van der Waals surface area contributed by atoms with E-state index in [9.17, 15) is 13.2 Å². The van der Waals surface area contributed by atoms with Crippen LogP contribution in [0, 0.1) is 0 Å². The Morgan fingerprint density at radius 2 is 2.16 bits per heavy atom. The summed E-state index contributed by atoms with van der Waals surface area (Å²) in [6.07, 6.45) is -4.32. The van der Waals surface area contributed by atoms with Crippen molar-refractivity contribution >= 4 is 0 Å². The molecule has 102 valence electrons. The molecule has 1 aromatic heterocycles. The van der Waals surface area contributed by atoms with Crippen molar-refractivity contribution in [2.24, 2.45) is 0 Å². The highest BCUT2D eigenvalue weighted by Gasteiger charge is 2.30. The van der Waals surface area contributed by atoms with Crippen LogP contribution >= 0.6 is 0 Å². The second-order valence-electron chi connectivity index (χ2n) is 4.07.